The number of rotatable bonds is 8. The summed E-state index contributed by atoms with van der Waals surface area (Å²) in [5.74, 6) is -0.324. The highest BCUT2D eigenvalue weighted by atomic mass is 16.5. The van der Waals surface area contributed by atoms with E-state index in [4.69, 9.17) is 4.74 Å². The molecule has 1 aromatic heterocycles. The standard InChI is InChI=1S/C15H22N4O3/c1-5-19(9-12(2)3)13(20)11-22-14(21)10-18(4)15-16-7-6-8-17-15/h6-8H,2,5,9-11H2,1,3-4H3. The van der Waals surface area contributed by atoms with Gasteiger partial charge in [-0.05, 0) is 19.9 Å². The van der Waals surface area contributed by atoms with Crippen molar-refractivity contribution in [2.45, 2.75) is 13.8 Å². The van der Waals surface area contributed by atoms with Gasteiger partial charge in [-0.3, -0.25) is 9.59 Å². The molecule has 120 valence electrons. The van der Waals surface area contributed by atoms with E-state index >= 15 is 0 Å². The Morgan fingerprint density at radius 3 is 2.45 bits per heavy atom. The molecule has 0 unspecified atom stereocenters. The summed E-state index contributed by atoms with van der Waals surface area (Å²) in [5, 5.41) is 0. The topological polar surface area (TPSA) is 75.6 Å². The van der Waals surface area contributed by atoms with Gasteiger partial charge < -0.3 is 14.5 Å². The van der Waals surface area contributed by atoms with Crippen LogP contribution >= 0.6 is 0 Å². The Kier molecular flexibility index (Phi) is 7.01. The minimum Gasteiger partial charge on any atom is -0.454 e. The SMILES string of the molecule is C=C(C)CN(CC)C(=O)COC(=O)CN(C)c1ncccn1. The summed E-state index contributed by atoms with van der Waals surface area (Å²) in [6.07, 6.45) is 3.18. The molecule has 0 saturated carbocycles. The van der Waals surface area contributed by atoms with Crippen molar-refractivity contribution in [3.8, 4) is 0 Å². The summed E-state index contributed by atoms with van der Waals surface area (Å²) < 4.78 is 5.00. The van der Waals surface area contributed by atoms with Crippen LogP contribution in [0.15, 0.2) is 30.6 Å². The molecule has 0 fully saturated rings. The van der Waals surface area contributed by atoms with Crippen molar-refractivity contribution in [2.75, 3.05) is 38.2 Å². The van der Waals surface area contributed by atoms with Crippen LogP contribution in [-0.4, -0.2) is 60.0 Å². The largest absolute Gasteiger partial charge is 0.454 e. The number of esters is 1. The van der Waals surface area contributed by atoms with Crippen molar-refractivity contribution < 1.29 is 14.3 Å². The summed E-state index contributed by atoms with van der Waals surface area (Å²) in [6.45, 7) is 8.19. The van der Waals surface area contributed by atoms with Crippen LogP contribution < -0.4 is 4.90 Å². The maximum Gasteiger partial charge on any atom is 0.326 e. The molecule has 0 bridgehead atoms. The number of carbonyl (C=O) groups is 2. The molecule has 0 aromatic carbocycles. The molecule has 0 aliphatic heterocycles. The summed E-state index contributed by atoms with van der Waals surface area (Å²) >= 11 is 0. The predicted molar refractivity (Wildman–Crippen MR) is 83.3 cm³/mol. The van der Waals surface area contributed by atoms with Gasteiger partial charge in [-0.2, -0.15) is 0 Å². The number of hydrogen-bond donors (Lipinski definition) is 0. The molecule has 0 saturated heterocycles. The average Bonchev–Trinajstić information content (AvgIpc) is 2.50. The number of aromatic nitrogens is 2. The summed E-state index contributed by atoms with van der Waals surface area (Å²) in [7, 11) is 1.68. The molecule has 22 heavy (non-hydrogen) atoms. The second-order valence-electron chi connectivity index (χ2n) is 4.93. The number of nitrogens with zero attached hydrogens (tertiary/aromatic N) is 4. The van der Waals surface area contributed by atoms with E-state index < -0.39 is 5.97 Å². The fourth-order valence-electron chi connectivity index (χ4n) is 1.73. The molecule has 0 aliphatic rings. The van der Waals surface area contributed by atoms with Crippen LogP contribution in [-0.2, 0) is 14.3 Å². The van der Waals surface area contributed by atoms with Crippen molar-refractivity contribution in [1.82, 2.24) is 14.9 Å². The van der Waals surface area contributed by atoms with Crippen LogP contribution in [0.4, 0.5) is 5.95 Å². The zero-order chi connectivity index (χ0) is 16.5. The van der Waals surface area contributed by atoms with Gasteiger partial charge >= 0.3 is 5.97 Å². The molecule has 1 amide bonds. The van der Waals surface area contributed by atoms with Crippen LogP contribution in [0, 0.1) is 0 Å². The molecule has 1 rings (SSSR count). The highest BCUT2D eigenvalue weighted by molar-refractivity contribution is 5.82. The lowest BCUT2D eigenvalue weighted by Crippen LogP contribution is -2.37. The number of ether oxygens (including phenoxy) is 1. The Morgan fingerprint density at radius 2 is 1.91 bits per heavy atom. The van der Waals surface area contributed by atoms with E-state index in [0.717, 1.165) is 5.57 Å². The lowest BCUT2D eigenvalue weighted by atomic mass is 10.3. The van der Waals surface area contributed by atoms with Gasteiger partial charge in [-0.15, -0.1) is 0 Å². The number of anilines is 1. The Hall–Kier alpha value is -2.44. The zero-order valence-corrected chi connectivity index (χ0v) is 13.3. The molecule has 7 heteroatoms. The summed E-state index contributed by atoms with van der Waals surface area (Å²) in [6, 6.07) is 1.69. The molecule has 0 spiro atoms. The highest BCUT2D eigenvalue weighted by Gasteiger charge is 2.16. The molecule has 0 N–H and O–H groups in total. The van der Waals surface area contributed by atoms with Gasteiger partial charge in [0, 0.05) is 32.5 Å². The average molecular weight is 306 g/mol. The first-order valence-electron chi connectivity index (χ1n) is 7.00. The Morgan fingerprint density at radius 1 is 1.27 bits per heavy atom. The van der Waals surface area contributed by atoms with Crippen LogP contribution in [0.3, 0.4) is 0 Å². The number of likely N-dealkylation sites (N-methyl/N-ethyl adjacent to an activating group) is 2. The maximum absolute atomic E-state index is 11.9. The number of amides is 1. The molecular formula is C15H22N4O3. The van der Waals surface area contributed by atoms with Gasteiger partial charge in [0.15, 0.2) is 6.61 Å². The molecule has 0 aliphatic carbocycles. The van der Waals surface area contributed by atoms with Crippen molar-refractivity contribution in [3.63, 3.8) is 0 Å². The van der Waals surface area contributed by atoms with Gasteiger partial charge in [0.2, 0.25) is 5.95 Å². The van der Waals surface area contributed by atoms with Crippen LogP contribution in [0.2, 0.25) is 0 Å². The van der Waals surface area contributed by atoms with Crippen LogP contribution in [0.5, 0.6) is 0 Å². The minimum atomic E-state index is -0.505. The first-order chi connectivity index (χ1) is 10.4. The van der Waals surface area contributed by atoms with Gasteiger partial charge in [0.25, 0.3) is 5.91 Å². The third-order valence-electron chi connectivity index (χ3n) is 2.81. The minimum absolute atomic E-state index is 0.0239. The van der Waals surface area contributed by atoms with E-state index in [1.54, 1.807) is 35.3 Å². The number of hydrogen-bond acceptors (Lipinski definition) is 6. The van der Waals surface area contributed by atoms with Crippen LogP contribution in [0.25, 0.3) is 0 Å². The molecule has 0 radical (unpaired) electrons. The van der Waals surface area contributed by atoms with Gasteiger partial charge in [-0.1, -0.05) is 12.2 Å². The van der Waals surface area contributed by atoms with Crippen molar-refractivity contribution in [3.05, 3.63) is 30.6 Å². The Balaban J connectivity index is 2.42. The predicted octanol–water partition coefficient (Wildman–Crippen LogP) is 0.881. The normalized spacial score (nSPS) is 9.95. The monoisotopic (exact) mass is 306 g/mol. The lowest BCUT2D eigenvalue weighted by Gasteiger charge is -2.21. The third kappa shape index (κ3) is 5.90. The highest BCUT2D eigenvalue weighted by Crippen LogP contribution is 2.02. The second kappa shape index (κ2) is 8.76. The fraction of sp³-hybridized carbons (Fsp3) is 0.467. The van der Waals surface area contributed by atoms with E-state index in [1.807, 2.05) is 13.8 Å². The van der Waals surface area contributed by atoms with E-state index in [-0.39, 0.29) is 19.1 Å². The van der Waals surface area contributed by atoms with E-state index in [1.165, 1.54) is 0 Å². The van der Waals surface area contributed by atoms with E-state index in [9.17, 15) is 9.59 Å². The molecule has 1 heterocycles. The first kappa shape index (κ1) is 17.6. The fourth-order valence-corrected chi connectivity index (χ4v) is 1.73. The molecular weight excluding hydrogens is 284 g/mol. The van der Waals surface area contributed by atoms with E-state index in [0.29, 0.717) is 19.0 Å². The first-order valence-corrected chi connectivity index (χ1v) is 7.00. The van der Waals surface area contributed by atoms with E-state index in [2.05, 4.69) is 16.5 Å². The molecule has 1 aromatic rings. The molecule has 7 nitrogen and oxygen atoms in total. The second-order valence-corrected chi connectivity index (χ2v) is 4.93. The summed E-state index contributed by atoms with van der Waals surface area (Å²) in [4.78, 5) is 34.9. The van der Waals surface area contributed by atoms with Crippen molar-refractivity contribution in [1.29, 1.82) is 0 Å². The summed E-state index contributed by atoms with van der Waals surface area (Å²) in [5.41, 5.74) is 0.877. The quantitative estimate of drug-likeness (QED) is 0.524. The van der Waals surface area contributed by atoms with Crippen LogP contribution in [0.1, 0.15) is 13.8 Å². The smallest absolute Gasteiger partial charge is 0.326 e. The Bertz CT molecular complexity index is 519. The van der Waals surface area contributed by atoms with Gasteiger partial charge in [0.05, 0.1) is 0 Å². The van der Waals surface area contributed by atoms with Crippen molar-refractivity contribution in [2.24, 2.45) is 0 Å². The lowest BCUT2D eigenvalue weighted by molar-refractivity contribution is -0.150. The van der Waals surface area contributed by atoms with Gasteiger partial charge in [0.1, 0.15) is 6.54 Å². The van der Waals surface area contributed by atoms with Crippen molar-refractivity contribution >= 4 is 17.8 Å². The Labute approximate surface area is 130 Å². The zero-order valence-electron chi connectivity index (χ0n) is 13.3. The third-order valence-corrected chi connectivity index (χ3v) is 2.81. The number of carbonyl (C=O) groups excluding carboxylic acids is 2. The maximum atomic E-state index is 11.9. The molecule has 0 atom stereocenters. The van der Waals surface area contributed by atoms with Gasteiger partial charge in [-0.25, -0.2) is 9.97 Å².